The zero-order valence-corrected chi connectivity index (χ0v) is 21.1. The highest BCUT2D eigenvalue weighted by molar-refractivity contribution is 7.23. The summed E-state index contributed by atoms with van der Waals surface area (Å²) < 4.78 is 12.0. The minimum absolute atomic E-state index is 0. The Bertz CT molecular complexity index is 1040. The van der Waals surface area contributed by atoms with E-state index >= 15 is 0 Å². The third kappa shape index (κ3) is 6.25. The second kappa shape index (κ2) is 12.3. The second-order valence-electron chi connectivity index (χ2n) is 7.10. The highest BCUT2D eigenvalue weighted by Gasteiger charge is 2.23. The third-order valence-corrected chi connectivity index (χ3v) is 6.62. The van der Waals surface area contributed by atoms with Gasteiger partial charge in [-0.05, 0) is 49.8 Å². The lowest BCUT2D eigenvalue weighted by Crippen LogP contribution is -2.41. The molecule has 1 aromatic heterocycles. The number of carbonyl (C=O) groups is 1. The molecule has 0 aliphatic rings. The molecule has 0 spiro atoms. The fourth-order valence-corrected chi connectivity index (χ4v) is 4.56. The largest absolute Gasteiger partial charge is 0.494 e. The standard InChI is InChI=1S/C23H28ClN3O3S.ClH/c1-5-26(6-2)12-13-27(20(28)15-30-17-9-7-8-16(3)14-17)23-25-21-19(29-4)11-10-18(24)22(21)31-23;/h7-11,14H,5-6,12-13,15H2,1-4H3;1H. The first-order chi connectivity index (χ1) is 15.0. The van der Waals surface area contributed by atoms with Gasteiger partial charge in [0.15, 0.2) is 11.7 Å². The van der Waals surface area contributed by atoms with Crippen molar-refractivity contribution in [2.75, 3.05) is 44.8 Å². The Hall–Kier alpha value is -2.06. The summed E-state index contributed by atoms with van der Waals surface area (Å²) in [5, 5.41) is 1.18. The van der Waals surface area contributed by atoms with Crippen molar-refractivity contribution in [2.45, 2.75) is 20.8 Å². The average Bonchev–Trinajstić information content (AvgIpc) is 3.21. The number of hydrogen-bond donors (Lipinski definition) is 0. The molecular formula is C23H29Cl2N3O3S. The fourth-order valence-electron chi connectivity index (χ4n) is 3.26. The van der Waals surface area contributed by atoms with Crippen molar-refractivity contribution in [1.82, 2.24) is 9.88 Å². The first kappa shape index (κ1) is 26.2. The van der Waals surface area contributed by atoms with E-state index in [-0.39, 0.29) is 24.9 Å². The molecule has 3 aromatic rings. The van der Waals surface area contributed by atoms with Crippen LogP contribution in [0.25, 0.3) is 10.2 Å². The predicted molar refractivity (Wildman–Crippen MR) is 135 cm³/mol. The van der Waals surface area contributed by atoms with Crippen LogP contribution in [-0.4, -0.2) is 55.7 Å². The molecule has 32 heavy (non-hydrogen) atoms. The normalized spacial score (nSPS) is 10.8. The van der Waals surface area contributed by atoms with Crippen molar-refractivity contribution in [3.63, 3.8) is 0 Å². The number of hydrogen-bond acceptors (Lipinski definition) is 6. The zero-order valence-electron chi connectivity index (χ0n) is 18.8. The Balaban J connectivity index is 0.00000363. The molecule has 0 unspecified atom stereocenters. The molecule has 3 rings (SSSR count). The summed E-state index contributed by atoms with van der Waals surface area (Å²) >= 11 is 7.78. The van der Waals surface area contributed by atoms with Crippen LogP contribution < -0.4 is 14.4 Å². The van der Waals surface area contributed by atoms with Crippen LogP contribution in [0, 0.1) is 6.92 Å². The number of fused-ring (bicyclic) bond motifs is 1. The Morgan fingerprint density at radius 1 is 1.16 bits per heavy atom. The number of thiazole rings is 1. The van der Waals surface area contributed by atoms with Gasteiger partial charge in [0.25, 0.3) is 5.91 Å². The van der Waals surface area contributed by atoms with Gasteiger partial charge in [-0.25, -0.2) is 4.98 Å². The number of ether oxygens (including phenoxy) is 2. The molecule has 0 radical (unpaired) electrons. The van der Waals surface area contributed by atoms with Crippen LogP contribution in [0.5, 0.6) is 11.5 Å². The maximum absolute atomic E-state index is 13.2. The van der Waals surface area contributed by atoms with Crippen LogP contribution in [0.3, 0.4) is 0 Å². The second-order valence-corrected chi connectivity index (χ2v) is 8.49. The maximum Gasteiger partial charge on any atom is 0.266 e. The number of rotatable bonds is 10. The lowest BCUT2D eigenvalue weighted by molar-refractivity contribution is -0.120. The molecule has 0 aliphatic carbocycles. The van der Waals surface area contributed by atoms with Gasteiger partial charge in [0.05, 0.1) is 16.8 Å². The number of carbonyl (C=O) groups excluding carboxylic acids is 1. The van der Waals surface area contributed by atoms with E-state index in [9.17, 15) is 4.79 Å². The monoisotopic (exact) mass is 497 g/mol. The molecule has 9 heteroatoms. The third-order valence-electron chi connectivity index (χ3n) is 5.09. The van der Waals surface area contributed by atoms with E-state index < -0.39 is 0 Å². The molecule has 6 nitrogen and oxygen atoms in total. The number of benzene rings is 2. The van der Waals surface area contributed by atoms with Crippen LogP contribution in [0.2, 0.25) is 5.02 Å². The summed E-state index contributed by atoms with van der Waals surface area (Å²) in [4.78, 5) is 21.9. The van der Waals surface area contributed by atoms with Gasteiger partial charge >= 0.3 is 0 Å². The van der Waals surface area contributed by atoms with E-state index in [4.69, 9.17) is 26.1 Å². The molecule has 0 bridgehead atoms. The molecule has 174 valence electrons. The topological polar surface area (TPSA) is 54.9 Å². The molecule has 0 atom stereocenters. The van der Waals surface area contributed by atoms with Gasteiger partial charge in [0, 0.05) is 13.1 Å². The summed E-state index contributed by atoms with van der Waals surface area (Å²) in [5.74, 6) is 1.16. The molecule has 0 saturated carbocycles. The van der Waals surface area contributed by atoms with Crippen LogP contribution in [0.15, 0.2) is 36.4 Å². The lowest BCUT2D eigenvalue weighted by Gasteiger charge is -2.24. The Morgan fingerprint density at radius 3 is 2.56 bits per heavy atom. The smallest absolute Gasteiger partial charge is 0.266 e. The summed E-state index contributed by atoms with van der Waals surface area (Å²) in [6, 6.07) is 11.2. The van der Waals surface area contributed by atoms with Gasteiger partial charge in [0.2, 0.25) is 0 Å². The number of aromatic nitrogens is 1. The number of methoxy groups -OCH3 is 1. The molecule has 0 N–H and O–H groups in total. The van der Waals surface area contributed by atoms with Crippen LogP contribution >= 0.6 is 35.3 Å². The van der Waals surface area contributed by atoms with E-state index in [1.54, 1.807) is 24.1 Å². The predicted octanol–water partition coefficient (Wildman–Crippen LogP) is 5.44. The van der Waals surface area contributed by atoms with Crippen molar-refractivity contribution >= 4 is 56.6 Å². The Kier molecular flexibility index (Phi) is 10.0. The van der Waals surface area contributed by atoms with Gasteiger partial charge in [-0.15, -0.1) is 12.4 Å². The minimum atomic E-state index is -0.150. The number of likely N-dealkylation sites (N-methyl/N-ethyl adjacent to an activating group) is 1. The SMILES string of the molecule is CCN(CC)CCN(C(=O)COc1cccc(C)c1)c1nc2c(OC)ccc(Cl)c2s1.Cl. The van der Waals surface area contributed by atoms with Crippen molar-refractivity contribution in [1.29, 1.82) is 0 Å². The van der Waals surface area contributed by atoms with Crippen molar-refractivity contribution in [2.24, 2.45) is 0 Å². The van der Waals surface area contributed by atoms with Gasteiger partial charge in [-0.3, -0.25) is 9.69 Å². The van der Waals surface area contributed by atoms with Crippen molar-refractivity contribution in [3.8, 4) is 11.5 Å². The first-order valence-electron chi connectivity index (χ1n) is 10.3. The van der Waals surface area contributed by atoms with Gasteiger partial charge < -0.3 is 14.4 Å². The summed E-state index contributed by atoms with van der Waals surface area (Å²) in [6.45, 7) is 9.22. The summed E-state index contributed by atoms with van der Waals surface area (Å²) in [7, 11) is 1.60. The van der Waals surface area contributed by atoms with Crippen LogP contribution in [-0.2, 0) is 4.79 Å². The zero-order chi connectivity index (χ0) is 22.4. The number of amides is 1. The van der Waals surface area contributed by atoms with E-state index in [2.05, 4.69) is 18.7 Å². The quantitative estimate of drug-likeness (QED) is 0.373. The van der Waals surface area contributed by atoms with Gasteiger partial charge in [-0.2, -0.15) is 0 Å². The summed E-state index contributed by atoms with van der Waals surface area (Å²) in [6.07, 6.45) is 0. The number of aryl methyl sites for hydroxylation is 1. The van der Waals surface area contributed by atoms with E-state index in [1.807, 2.05) is 31.2 Å². The number of nitrogens with zero attached hydrogens (tertiary/aromatic N) is 3. The molecule has 0 aliphatic heterocycles. The van der Waals surface area contributed by atoms with Crippen LogP contribution in [0.4, 0.5) is 5.13 Å². The van der Waals surface area contributed by atoms with Gasteiger partial charge in [-0.1, -0.05) is 48.9 Å². The maximum atomic E-state index is 13.2. The number of halogens is 2. The highest BCUT2D eigenvalue weighted by Crippen LogP contribution is 2.38. The minimum Gasteiger partial charge on any atom is -0.494 e. The molecule has 1 amide bonds. The van der Waals surface area contributed by atoms with E-state index in [0.717, 1.165) is 29.9 Å². The molecule has 1 heterocycles. The Labute approximate surface area is 204 Å². The number of anilines is 1. The van der Waals surface area contributed by atoms with E-state index in [0.29, 0.717) is 33.7 Å². The fraction of sp³-hybridized carbons (Fsp3) is 0.391. The Morgan fingerprint density at radius 2 is 1.91 bits per heavy atom. The van der Waals surface area contributed by atoms with Crippen LogP contribution in [0.1, 0.15) is 19.4 Å². The van der Waals surface area contributed by atoms with Crippen molar-refractivity contribution in [3.05, 3.63) is 47.0 Å². The first-order valence-corrected chi connectivity index (χ1v) is 11.5. The molecule has 0 fully saturated rings. The molecule has 2 aromatic carbocycles. The summed E-state index contributed by atoms with van der Waals surface area (Å²) in [5.41, 5.74) is 1.74. The highest BCUT2D eigenvalue weighted by atomic mass is 35.5. The van der Waals surface area contributed by atoms with Gasteiger partial charge in [0.1, 0.15) is 17.0 Å². The average molecular weight is 498 g/mol. The van der Waals surface area contributed by atoms with Crippen molar-refractivity contribution < 1.29 is 14.3 Å². The lowest BCUT2D eigenvalue weighted by atomic mass is 10.2. The van der Waals surface area contributed by atoms with E-state index in [1.165, 1.54) is 11.3 Å². The molecule has 0 saturated heterocycles. The molecular weight excluding hydrogens is 469 g/mol.